The highest BCUT2D eigenvalue weighted by Gasteiger charge is 2.06. The molecule has 4 heteroatoms. The number of carbonyl (C=O) groups excluding carboxylic acids is 2. The van der Waals surface area contributed by atoms with Crippen LogP contribution in [0.5, 0.6) is 0 Å². The predicted molar refractivity (Wildman–Crippen MR) is 44.4 cm³/mol. The molecule has 0 saturated heterocycles. The number of thioether (sulfide) groups is 1. The fraction of sp³-hybridized carbons (Fsp3) is 0.714. The molecule has 3 nitrogen and oxygen atoms in total. The summed E-state index contributed by atoms with van der Waals surface area (Å²) in [5, 5.41) is 0. The summed E-state index contributed by atoms with van der Waals surface area (Å²) >= 11 is 1.55. The van der Waals surface area contributed by atoms with E-state index in [4.69, 9.17) is 0 Å². The lowest BCUT2D eigenvalue weighted by Crippen LogP contribution is -2.11. The Balaban J connectivity index is 3.44. The van der Waals surface area contributed by atoms with Gasteiger partial charge in [-0.15, -0.1) is 0 Å². The molecule has 0 unspecified atom stereocenters. The van der Waals surface area contributed by atoms with Crippen molar-refractivity contribution in [2.45, 2.75) is 19.8 Å². The maximum Gasteiger partial charge on any atom is 0.314 e. The van der Waals surface area contributed by atoms with E-state index >= 15 is 0 Å². The highest BCUT2D eigenvalue weighted by atomic mass is 32.2. The van der Waals surface area contributed by atoms with Crippen LogP contribution in [0, 0.1) is 0 Å². The van der Waals surface area contributed by atoms with E-state index in [1.807, 2.05) is 6.26 Å². The lowest BCUT2D eigenvalue weighted by Gasteiger charge is -1.98. The second-order valence-electron chi connectivity index (χ2n) is 1.94. The molecule has 0 saturated carbocycles. The van der Waals surface area contributed by atoms with Gasteiger partial charge in [0.15, 0.2) is 0 Å². The van der Waals surface area contributed by atoms with E-state index in [2.05, 4.69) is 4.74 Å². The van der Waals surface area contributed by atoms with E-state index in [0.29, 0.717) is 12.2 Å². The average molecular weight is 176 g/mol. The second kappa shape index (κ2) is 6.22. The smallest absolute Gasteiger partial charge is 0.314 e. The number of hydrogen-bond acceptors (Lipinski definition) is 4. The van der Waals surface area contributed by atoms with Crippen LogP contribution in [-0.2, 0) is 14.3 Å². The predicted octanol–water partition coefficient (Wildman–Crippen LogP) is 1.22. The average Bonchev–Trinajstić information content (AvgIpc) is 2.00. The van der Waals surface area contributed by atoms with Gasteiger partial charge in [-0.2, -0.15) is 11.8 Å². The molecule has 0 heterocycles. The summed E-state index contributed by atoms with van der Waals surface area (Å²) in [6, 6.07) is 0. The van der Waals surface area contributed by atoms with Crippen LogP contribution in [0.1, 0.15) is 19.8 Å². The fourth-order valence-electron chi connectivity index (χ4n) is 0.436. The highest BCUT2D eigenvalue weighted by molar-refractivity contribution is 7.98. The normalized spacial score (nSPS) is 9.27. The van der Waals surface area contributed by atoms with Gasteiger partial charge in [-0.3, -0.25) is 9.59 Å². The molecule has 11 heavy (non-hydrogen) atoms. The molecule has 0 aromatic heterocycles. The lowest BCUT2D eigenvalue weighted by molar-refractivity contribution is -0.159. The van der Waals surface area contributed by atoms with Crippen molar-refractivity contribution in [1.82, 2.24) is 0 Å². The molecule has 0 aliphatic heterocycles. The van der Waals surface area contributed by atoms with Crippen molar-refractivity contribution in [2.24, 2.45) is 0 Å². The zero-order valence-electron chi connectivity index (χ0n) is 6.75. The van der Waals surface area contributed by atoms with Gasteiger partial charge in [-0.1, -0.05) is 6.92 Å². The van der Waals surface area contributed by atoms with E-state index in [0.717, 1.165) is 0 Å². The van der Waals surface area contributed by atoms with E-state index in [1.165, 1.54) is 0 Å². The van der Waals surface area contributed by atoms with E-state index in [-0.39, 0.29) is 6.42 Å². The monoisotopic (exact) mass is 176 g/mol. The van der Waals surface area contributed by atoms with Crippen LogP contribution in [0.25, 0.3) is 0 Å². The summed E-state index contributed by atoms with van der Waals surface area (Å²) in [6.07, 6.45) is 2.47. The Morgan fingerprint density at radius 2 is 2.00 bits per heavy atom. The third-order valence-electron chi connectivity index (χ3n) is 1.03. The van der Waals surface area contributed by atoms with Crippen molar-refractivity contribution in [3.8, 4) is 0 Å². The largest absolute Gasteiger partial charge is 0.393 e. The minimum absolute atomic E-state index is 0.255. The van der Waals surface area contributed by atoms with Gasteiger partial charge < -0.3 is 4.74 Å². The standard InChI is InChI=1S/C7H12O3S/c1-3-6(8)10-7(9)4-5-11-2/h3-5H2,1-2H3. The summed E-state index contributed by atoms with van der Waals surface area (Å²) in [7, 11) is 0. The molecule has 0 fully saturated rings. The van der Waals surface area contributed by atoms with Gasteiger partial charge in [0, 0.05) is 12.2 Å². The third kappa shape index (κ3) is 5.91. The molecule has 64 valence electrons. The van der Waals surface area contributed by atoms with Crippen LogP contribution in [-0.4, -0.2) is 23.9 Å². The first-order valence-corrected chi connectivity index (χ1v) is 4.82. The number of hydrogen-bond donors (Lipinski definition) is 0. The molecule has 0 aromatic rings. The van der Waals surface area contributed by atoms with Crippen molar-refractivity contribution >= 4 is 23.7 Å². The van der Waals surface area contributed by atoms with Crippen LogP contribution in [0.3, 0.4) is 0 Å². The Morgan fingerprint density at radius 3 is 2.45 bits per heavy atom. The first-order valence-electron chi connectivity index (χ1n) is 3.43. The van der Waals surface area contributed by atoms with Crippen LogP contribution < -0.4 is 0 Å². The minimum Gasteiger partial charge on any atom is -0.393 e. The van der Waals surface area contributed by atoms with Crippen molar-refractivity contribution in [2.75, 3.05) is 12.0 Å². The minimum atomic E-state index is -0.448. The summed E-state index contributed by atoms with van der Waals surface area (Å²) < 4.78 is 4.41. The Bertz CT molecular complexity index is 145. The van der Waals surface area contributed by atoms with Gasteiger partial charge in [0.2, 0.25) is 0 Å². The van der Waals surface area contributed by atoms with Gasteiger partial charge in [-0.25, -0.2) is 0 Å². The van der Waals surface area contributed by atoms with Gasteiger partial charge in [0.05, 0.1) is 6.42 Å². The molecule has 0 aliphatic rings. The second-order valence-corrected chi connectivity index (χ2v) is 2.93. The van der Waals surface area contributed by atoms with Crippen molar-refractivity contribution < 1.29 is 14.3 Å². The zero-order valence-corrected chi connectivity index (χ0v) is 7.57. The Labute approximate surface area is 70.5 Å². The van der Waals surface area contributed by atoms with Crippen LogP contribution in [0.15, 0.2) is 0 Å². The molecule has 0 rings (SSSR count). The van der Waals surface area contributed by atoms with Crippen LogP contribution in [0.4, 0.5) is 0 Å². The van der Waals surface area contributed by atoms with Crippen molar-refractivity contribution in [3.63, 3.8) is 0 Å². The van der Waals surface area contributed by atoms with E-state index in [9.17, 15) is 9.59 Å². The lowest BCUT2D eigenvalue weighted by atomic mass is 10.5. The number of ether oxygens (including phenoxy) is 1. The van der Waals surface area contributed by atoms with Crippen LogP contribution >= 0.6 is 11.8 Å². The fourth-order valence-corrected chi connectivity index (χ4v) is 0.806. The summed E-state index contributed by atoms with van der Waals surface area (Å²) in [5.41, 5.74) is 0. The quantitative estimate of drug-likeness (QED) is 0.477. The van der Waals surface area contributed by atoms with Gasteiger partial charge in [0.1, 0.15) is 0 Å². The first kappa shape index (κ1) is 10.5. The highest BCUT2D eigenvalue weighted by Crippen LogP contribution is 1.98. The summed E-state index contributed by atoms with van der Waals surface area (Å²) in [4.78, 5) is 21.3. The Hall–Kier alpha value is -0.510. The van der Waals surface area contributed by atoms with E-state index < -0.39 is 11.9 Å². The summed E-state index contributed by atoms with van der Waals surface area (Å²) in [6.45, 7) is 1.66. The van der Waals surface area contributed by atoms with Gasteiger partial charge in [-0.05, 0) is 6.26 Å². The number of esters is 2. The molecule has 0 radical (unpaired) electrons. The van der Waals surface area contributed by atoms with Crippen molar-refractivity contribution in [3.05, 3.63) is 0 Å². The van der Waals surface area contributed by atoms with Crippen molar-refractivity contribution in [1.29, 1.82) is 0 Å². The maximum atomic E-state index is 10.7. The maximum absolute atomic E-state index is 10.7. The van der Waals surface area contributed by atoms with E-state index in [1.54, 1.807) is 18.7 Å². The molecule has 0 atom stereocenters. The third-order valence-corrected chi connectivity index (χ3v) is 1.64. The molecule has 0 aliphatic carbocycles. The molecular weight excluding hydrogens is 164 g/mol. The molecule has 0 bridgehead atoms. The molecule has 0 N–H and O–H groups in total. The molecule has 0 spiro atoms. The van der Waals surface area contributed by atoms with Gasteiger partial charge >= 0.3 is 11.9 Å². The Kier molecular flexibility index (Phi) is 5.93. The topological polar surface area (TPSA) is 43.4 Å². The number of rotatable bonds is 4. The molecule has 0 aromatic carbocycles. The van der Waals surface area contributed by atoms with Gasteiger partial charge in [0.25, 0.3) is 0 Å². The first-order chi connectivity index (χ1) is 5.20. The molecular formula is C7H12O3S. The van der Waals surface area contributed by atoms with Crippen LogP contribution in [0.2, 0.25) is 0 Å². The molecule has 0 amide bonds. The zero-order chi connectivity index (χ0) is 8.69. The number of carbonyl (C=O) groups is 2. The Morgan fingerprint density at radius 1 is 1.36 bits per heavy atom. The summed E-state index contributed by atoms with van der Waals surface area (Å²) in [5.74, 6) is -0.169. The SMILES string of the molecule is CCC(=O)OC(=O)CCSC.